The number of carbonyl (C=O) groups is 1. The second kappa shape index (κ2) is 9.29. The van der Waals surface area contributed by atoms with Crippen molar-refractivity contribution in [3.8, 4) is 0 Å². The largest absolute Gasteiger partial charge is 0.271 e. The van der Waals surface area contributed by atoms with Gasteiger partial charge in [0.05, 0.1) is 19.5 Å². The zero-order valence-corrected chi connectivity index (χ0v) is 18.4. The van der Waals surface area contributed by atoms with E-state index in [1.165, 1.54) is 96.3 Å². The average molecular weight is 378 g/mol. The highest BCUT2D eigenvalue weighted by atomic mass is 16.2. The number of quaternary nitrogens is 1. The van der Waals surface area contributed by atoms with Crippen molar-refractivity contribution >= 4 is 5.91 Å². The normalized spacial score (nSPS) is 32.0. The topological polar surface area (TPSA) is 29.1 Å². The van der Waals surface area contributed by atoms with Crippen LogP contribution < -0.4 is 5.43 Å². The summed E-state index contributed by atoms with van der Waals surface area (Å²) >= 11 is 0. The first-order chi connectivity index (χ1) is 12.9. The lowest BCUT2D eigenvalue weighted by Crippen LogP contribution is -2.62. The Morgan fingerprint density at radius 1 is 0.815 bits per heavy atom. The molecule has 0 aromatic carbocycles. The average Bonchev–Trinajstić information content (AvgIpc) is 2.58. The van der Waals surface area contributed by atoms with E-state index in [9.17, 15) is 4.79 Å². The fraction of sp³-hybridized carbons (Fsp3) is 0.958. The highest BCUT2D eigenvalue weighted by molar-refractivity contribution is 5.82. The molecule has 0 saturated heterocycles. The minimum atomic E-state index is -0.0112. The minimum Gasteiger partial charge on any atom is -0.269 e. The van der Waals surface area contributed by atoms with Crippen molar-refractivity contribution in [3.63, 3.8) is 0 Å². The summed E-state index contributed by atoms with van der Waals surface area (Å²) in [5.74, 6) is 2.90. The van der Waals surface area contributed by atoms with Crippen molar-refractivity contribution < 1.29 is 9.39 Å². The summed E-state index contributed by atoms with van der Waals surface area (Å²) in [5.41, 5.74) is 3.43. The maximum Gasteiger partial charge on any atom is 0.271 e. The zero-order valence-electron chi connectivity index (χ0n) is 18.4. The Morgan fingerprint density at radius 3 is 1.74 bits per heavy atom. The van der Waals surface area contributed by atoms with E-state index >= 15 is 0 Å². The Labute approximate surface area is 168 Å². The lowest BCUT2D eigenvalue weighted by Gasteiger charge is -2.55. The molecule has 27 heavy (non-hydrogen) atoms. The Balaban J connectivity index is 1.34. The van der Waals surface area contributed by atoms with Crippen LogP contribution in [0.25, 0.3) is 0 Å². The Bertz CT molecular complexity index is 449. The molecule has 4 bridgehead atoms. The highest BCUT2D eigenvalue weighted by Crippen LogP contribution is 2.60. The molecular formula is C24H45N2O+. The standard InChI is InChI=1S/C24H44N2O/c1-4-5-6-7-8-9-10-11-12-13-26(2,3)25-23(27)24-17-20-14-21(18-24)16-22(15-20)19-24/h20-22H,4-19H2,1-3H3/p+1. The van der Waals surface area contributed by atoms with E-state index in [2.05, 4.69) is 26.4 Å². The van der Waals surface area contributed by atoms with Crippen molar-refractivity contribution in [2.45, 2.75) is 103 Å². The van der Waals surface area contributed by atoms with Gasteiger partial charge in [-0.3, -0.25) is 4.79 Å². The molecule has 0 atom stereocenters. The molecule has 0 aromatic heterocycles. The molecule has 1 amide bonds. The number of hydrogen-bond acceptors (Lipinski definition) is 1. The van der Waals surface area contributed by atoms with Gasteiger partial charge in [0.25, 0.3) is 5.91 Å². The van der Waals surface area contributed by atoms with Gasteiger partial charge in [-0.15, -0.1) is 0 Å². The van der Waals surface area contributed by atoms with Crippen LogP contribution in [0.3, 0.4) is 0 Å². The van der Waals surface area contributed by atoms with Crippen molar-refractivity contribution in [1.82, 2.24) is 5.43 Å². The Kier molecular flexibility index (Phi) is 7.27. The third-order valence-electron chi connectivity index (χ3n) is 7.74. The monoisotopic (exact) mass is 377 g/mol. The molecule has 3 heteroatoms. The summed E-state index contributed by atoms with van der Waals surface area (Å²) < 4.78 is 0.664. The molecule has 1 N–H and O–H groups in total. The number of nitrogens with one attached hydrogen (secondary N) is 1. The van der Waals surface area contributed by atoms with Gasteiger partial charge in [-0.1, -0.05) is 51.9 Å². The van der Waals surface area contributed by atoms with E-state index in [0.717, 1.165) is 24.3 Å². The predicted molar refractivity (Wildman–Crippen MR) is 113 cm³/mol. The van der Waals surface area contributed by atoms with Crippen LogP contribution in [0, 0.1) is 23.2 Å². The van der Waals surface area contributed by atoms with E-state index in [0.29, 0.717) is 10.5 Å². The van der Waals surface area contributed by atoms with Crippen LogP contribution in [0.2, 0.25) is 0 Å². The van der Waals surface area contributed by atoms with Gasteiger partial charge in [-0.25, -0.2) is 10.0 Å². The summed E-state index contributed by atoms with van der Waals surface area (Å²) in [6.07, 6.45) is 20.0. The SMILES string of the molecule is CCCCCCCCCCC[N+](C)(C)NC(=O)C12CC3CC(CC(C3)C1)C2. The van der Waals surface area contributed by atoms with Gasteiger partial charge in [0.2, 0.25) is 0 Å². The molecule has 3 nitrogen and oxygen atoms in total. The van der Waals surface area contributed by atoms with E-state index < -0.39 is 0 Å². The number of hydrogen-bond donors (Lipinski definition) is 1. The predicted octanol–water partition coefficient (Wildman–Crippen LogP) is 5.84. The molecule has 0 radical (unpaired) electrons. The second-order valence-electron chi connectivity index (χ2n) is 10.9. The molecule has 4 aliphatic carbocycles. The lowest BCUT2D eigenvalue weighted by molar-refractivity contribution is -0.925. The van der Waals surface area contributed by atoms with E-state index in [1.807, 2.05) is 0 Å². The van der Waals surface area contributed by atoms with Crippen LogP contribution >= 0.6 is 0 Å². The van der Waals surface area contributed by atoms with E-state index in [4.69, 9.17) is 0 Å². The van der Waals surface area contributed by atoms with Crippen molar-refractivity contribution in [2.24, 2.45) is 23.2 Å². The van der Waals surface area contributed by atoms with Gasteiger partial charge >= 0.3 is 0 Å². The van der Waals surface area contributed by atoms with E-state index in [-0.39, 0.29) is 5.41 Å². The first-order valence-corrected chi connectivity index (χ1v) is 12.1. The smallest absolute Gasteiger partial charge is 0.269 e. The molecule has 4 rings (SSSR count). The van der Waals surface area contributed by atoms with Gasteiger partial charge in [-0.05, 0) is 69.1 Å². The van der Waals surface area contributed by atoms with Crippen LogP contribution in [0.1, 0.15) is 103 Å². The Morgan fingerprint density at radius 2 is 1.26 bits per heavy atom. The summed E-state index contributed by atoms with van der Waals surface area (Å²) in [7, 11) is 4.37. The van der Waals surface area contributed by atoms with Crippen LogP contribution in [0.5, 0.6) is 0 Å². The van der Waals surface area contributed by atoms with Gasteiger partial charge in [0, 0.05) is 0 Å². The molecule has 0 spiro atoms. The molecule has 4 aliphatic rings. The lowest BCUT2D eigenvalue weighted by atomic mass is 9.49. The first-order valence-electron chi connectivity index (χ1n) is 12.1. The number of carbonyl (C=O) groups excluding carboxylic acids is 1. The van der Waals surface area contributed by atoms with Crippen molar-refractivity contribution in [2.75, 3.05) is 20.6 Å². The molecule has 4 fully saturated rings. The molecule has 0 unspecified atom stereocenters. The molecule has 156 valence electrons. The quantitative estimate of drug-likeness (QED) is 0.258. The van der Waals surface area contributed by atoms with Gasteiger partial charge in [0.15, 0.2) is 0 Å². The van der Waals surface area contributed by atoms with Crippen molar-refractivity contribution in [1.29, 1.82) is 0 Å². The summed E-state index contributed by atoms with van der Waals surface area (Å²) in [5, 5.41) is 0. The third-order valence-corrected chi connectivity index (χ3v) is 7.74. The van der Waals surface area contributed by atoms with Crippen molar-refractivity contribution in [3.05, 3.63) is 0 Å². The zero-order chi connectivity index (χ0) is 19.3. The number of unbranched alkanes of at least 4 members (excludes halogenated alkanes) is 8. The molecule has 4 saturated carbocycles. The maximum absolute atomic E-state index is 13.2. The van der Waals surface area contributed by atoms with Crippen LogP contribution in [0.4, 0.5) is 0 Å². The third kappa shape index (κ3) is 5.71. The second-order valence-corrected chi connectivity index (χ2v) is 10.9. The summed E-state index contributed by atoms with van der Waals surface area (Å²) in [4.78, 5) is 13.2. The van der Waals surface area contributed by atoms with Gasteiger partial charge in [0.1, 0.15) is 6.54 Å². The van der Waals surface area contributed by atoms with Gasteiger partial charge < -0.3 is 0 Å². The Hall–Kier alpha value is -0.570. The number of nitrogens with zero attached hydrogens (tertiary/aromatic N) is 1. The fourth-order valence-corrected chi connectivity index (χ4v) is 6.66. The summed E-state index contributed by atoms with van der Waals surface area (Å²) in [6, 6.07) is 0. The highest BCUT2D eigenvalue weighted by Gasteiger charge is 2.55. The van der Waals surface area contributed by atoms with Crippen LogP contribution in [-0.2, 0) is 4.79 Å². The minimum absolute atomic E-state index is 0.0112. The number of rotatable bonds is 12. The van der Waals surface area contributed by atoms with Crippen LogP contribution in [0.15, 0.2) is 0 Å². The number of amides is 1. The van der Waals surface area contributed by atoms with E-state index in [1.54, 1.807) is 0 Å². The van der Waals surface area contributed by atoms with Gasteiger partial charge in [-0.2, -0.15) is 0 Å². The first kappa shape index (κ1) is 21.1. The summed E-state index contributed by atoms with van der Waals surface area (Å²) in [6.45, 7) is 3.34. The molecule has 0 aromatic rings. The molecular weight excluding hydrogens is 332 g/mol. The maximum atomic E-state index is 13.2. The van der Waals surface area contributed by atoms with Crippen LogP contribution in [-0.4, -0.2) is 31.1 Å². The fourth-order valence-electron chi connectivity index (χ4n) is 6.66. The molecule has 0 heterocycles. The molecule has 0 aliphatic heterocycles.